The molecule has 98 valence electrons. The molecule has 4 nitrogen and oxygen atoms in total. The Morgan fingerprint density at radius 1 is 1.53 bits per heavy atom. The fraction of sp³-hybridized carbons (Fsp3) is 0.727. The summed E-state index contributed by atoms with van der Waals surface area (Å²) in [5.41, 5.74) is 1.81. The Labute approximate surface area is 99.2 Å². The van der Waals surface area contributed by atoms with Crippen molar-refractivity contribution < 1.29 is 18.6 Å². The standard InChI is InChI=1S/C11H18F2N2O2/c1-8-5-9(15(2)14-8)6-10(16)3-4-17-7-11(12)13/h5,10-11,16H,3-4,6-7H2,1-2H3. The van der Waals surface area contributed by atoms with Crippen molar-refractivity contribution in [3.8, 4) is 0 Å². The average Bonchev–Trinajstić information content (AvgIpc) is 2.52. The second-order valence-electron chi connectivity index (χ2n) is 4.01. The van der Waals surface area contributed by atoms with Crippen molar-refractivity contribution in [3.05, 3.63) is 17.5 Å². The van der Waals surface area contributed by atoms with Gasteiger partial charge in [0.15, 0.2) is 0 Å². The molecule has 1 aromatic heterocycles. The topological polar surface area (TPSA) is 47.3 Å². The smallest absolute Gasteiger partial charge is 0.261 e. The molecule has 17 heavy (non-hydrogen) atoms. The summed E-state index contributed by atoms with van der Waals surface area (Å²) in [5, 5.41) is 13.9. The minimum atomic E-state index is -2.45. The quantitative estimate of drug-likeness (QED) is 0.740. The molecule has 0 bridgehead atoms. The first-order valence-electron chi connectivity index (χ1n) is 5.52. The molecule has 0 aliphatic rings. The van der Waals surface area contributed by atoms with Gasteiger partial charge in [-0.25, -0.2) is 8.78 Å². The van der Waals surface area contributed by atoms with Gasteiger partial charge in [-0.3, -0.25) is 4.68 Å². The second-order valence-corrected chi connectivity index (χ2v) is 4.01. The van der Waals surface area contributed by atoms with Crippen molar-refractivity contribution >= 4 is 0 Å². The number of hydrogen-bond acceptors (Lipinski definition) is 3. The van der Waals surface area contributed by atoms with Gasteiger partial charge in [-0.2, -0.15) is 5.10 Å². The van der Waals surface area contributed by atoms with Crippen LogP contribution >= 0.6 is 0 Å². The van der Waals surface area contributed by atoms with Gasteiger partial charge in [0.25, 0.3) is 6.43 Å². The molecule has 0 saturated carbocycles. The van der Waals surface area contributed by atoms with Crippen molar-refractivity contribution in [2.75, 3.05) is 13.2 Å². The Bertz CT molecular complexity index is 342. The van der Waals surface area contributed by atoms with E-state index in [0.29, 0.717) is 12.8 Å². The molecule has 0 amide bonds. The van der Waals surface area contributed by atoms with E-state index in [1.165, 1.54) is 0 Å². The normalized spacial score (nSPS) is 13.3. The van der Waals surface area contributed by atoms with Crippen LogP contribution in [0.3, 0.4) is 0 Å². The number of nitrogens with zero attached hydrogens (tertiary/aromatic N) is 2. The summed E-state index contributed by atoms with van der Waals surface area (Å²) in [6.07, 6.45) is -2.25. The molecule has 0 fully saturated rings. The van der Waals surface area contributed by atoms with Crippen LogP contribution in [0.5, 0.6) is 0 Å². The number of ether oxygens (including phenoxy) is 1. The van der Waals surface area contributed by atoms with Crippen molar-refractivity contribution in [1.29, 1.82) is 0 Å². The molecule has 0 saturated heterocycles. The van der Waals surface area contributed by atoms with E-state index in [1.54, 1.807) is 4.68 Å². The summed E-state index contributed by atoms with van der Waals surface area (Å²) in [6.45, 7) is 1.45. The molecular formula is C11H18F2N2O2. The summed E-state index contributed by atoms with van der Waals surface area (Å²) in [4.78, 5) is 0. The monoisotopic (exact) mass is 248 g/mol. The molecule has 1 atom stereocenters. The number of alkyl halides is 2. The molecule has 0 aromatic carbocycles. The van der Waals surface area contributed by atoms with Crippen LogP contribution in [0.4, 0.5) is 8.78 Å². The Morgan fingerprint density at radius 3 is 2.76 bits per heavy atom. The lowest BCUT2D eigenvalue weighted by Gasteiger charge is -2.10. The number of aliphatic hydroxyl groups is 1. The SMILES string of the molecule is Cc1cc(CC(O)CCOCC(F)F)n(C)n1. The lowest BCUT2D eigenvalue weighted by Crippen LogP contribution is -2.17. The Balaban J connectivity index is 2.25. The first-order chi connectivity index (χ1) is 7.99. The lowest BCUT2D eigenvalue weighted by atomic mass is 10.1. The van der Waals surface area contributed by atoms with Gasteiger partial charge in [-0.15, -0.1) is 0 Å². The highest BCUT2D eigenvalue weighted by molar-refractivity contribution is 5.09. The predicted molar refractivity (Wildman–Crippen MR) is 59.1 cm³/mol. The number of aryl methyl sites for hydroxylation is 2. The number of halogens is 2. The maximum Gasteiger partial charge on any atom is 0.261 e. The van der Waals surface area contributed by atoms with Gasteiger partial charge in [0.05, 0.1) is 11.8 Å². The minimum absolute atomic E-state index is 0.141. The van der Waals surface area contributed by atoms with Crippen LogP contribution in [-0.2, 0) is 18.2 Å². The van der Waals surface area contributed by atoms with E-state index in [1.807, 2.05) is 20.0 Å². The number of aliphatic hydroxyl groups excluding tert-OH is 1. The van der Waals surface area contributed by atoms with Crippen molar-refractivity contribution in [3.63, 3.8) is 0 Å². The average molecular weight is 248 g/mol. The summed E-state index contributed by atoms with van der Waals surface area (Å²) in [5.74, 6) is 0. The lowest BCUT2D eigenvalue weighted by molar-refractivity contribution is 0.00496. The first kappa shape index (κ1) is 14.1. The molecule has 1 rings (SSSR count). The van der Waals surface area contributed by atoms with Crippen molar-refractivity contribution in [2.45, 2.75) is 32.3 Å². The molecule has 1 aromatic rings. The molecule has 6 heteroatoms. The molecular weight excluding hydrogens is 230 g/mol. The molecule has 0 aliphatic carbocycles. The van der Waals surface area contributed by atoms with Crippen LogP contribution in [0.1, 0.15) is 17.8 Å². The van der Waals surface area contributed by atoms with Gasteiger partial charge in [0.1, 0.15) is 6.61 Å². The van der Waals surface area contributed by atoms with Crippen LogP contribution in [0.25, 0.3) is 0 Å². The van der Waals surface area contributed by atoms with E-state index < -0.39 is 19.1 Å². The van der Waals surface area contributed by atoms with Gasteiger partial charge in [-0.05, 0) is 19.4 Å². The zero-order chi connectivity index (χ0) is 12.8. The maximum absolute atomic E-state index is 11.8. The van der Waals surface area contributed by atoms with Crippen LogP contribution < -0.4 is 0 Å². The first-order valence-corrected chi connectivity index (χ1v) is 5.52. The van der Waals surface area contributed by atoms with Gasteiger partial charge >= 0.3 is 0 Å². The Hall–Kier alpha value is -1.01. The van der Waals surface area contributed by atoms with E-state index in [-0.39, 0.29) is 6.61 Å². The maximum atomic E-state index is 11.8. The predicted octanol–water partition coefficient (Wildman–Crippen LogP) is 1.30. The van der Waals surface area contributed by atoms with E-state index in [0.717, 1.165) is 11.4 Å². The molecule has 1 unspecified atom stereocenters. The molecule has 1 N–H and O–H groups in total. The molecule has 0 aliphatic heterocycles. The molecule has 0 spiro atoms. The van der Waals surface area contributed by atoms with Gasteiger partial charge in [0, 0.05) is 25.8 Å². The second kappa shape index (κ2) is 6.66. The Kier molecular flexibility index (Phi) is 5.50. The van der Waals surface area contributed by atoms with E-state index in [2.05, 4.69) is 5.10 Å². The van der Waals surface area contributed by atoms with Gasteiger partial charge in [0.2, 0.25) is 0 Å². The van der Waals surface area contributed by atoms with Crippen LogP contribution in [-0.4, -0.2) is 40.6 Å². The van der Waals surface area contributed by atoms with E-state index in [9.17, 15) is 13.9 Å². The van der Waals surface area contributed by atoms with Crippen LogP contribution in [0.15, 0.2) is 6.07 Å². The number of rotatable bonds is 7. The Morgan fingerprint density at radius 2 is 2.24 bits per heavy atom. The van der Waals surface area contributed by atoms with Gasteiger partial charge < -0.3 is 9.84 Å². The third kappa shape index (κ3) is 5.23. The third-order valence-electron chi connectivity index (χ3n) is 2.38. The molecule has 0 radical (unpaired) electrons. The number of hydrogen-bond donors (Lipinski definition) is 1. The van der Waals surface area contributed by atoms with Crippen molar-refractivity contribution in [1.82, 2.24) is 9.78 Å². The fourth-order valence-electron chi connectivity index (χ4n) is 1.59. The largest absolute Gasteiger partial charge is 0.393 e. The summed E-state index contributed by atoms with van der Waals surface area (Å²) in [7, 11) is 1.81. The zero-order valence-electron chi connectivity index (χ0n) is 10.1. The van der Waals surface area contributed by atoms with E-state index >= 15 is 0 Å². The van der Waals surface area contributed by atoms with Gasteiger partial charge in [-0.1, -0.05) is 0 Å². The summed E-state index contributed by atoms with van der Waals surface area (Å²) >= 11 is 0. The highest BCUT2D eigenvalue weighted by atomic mass is 19.3. The highest BCUT2D eigenvalue weighted by Gasteiger charge is 2.10. The third-order valence-corrected chi connectivity index (χ3v) is 2.38. The van der Waals surface area contributed by atoms with Crippen LogP contribution in [0, 0.1) is 6.92 Å². The highest BCUT2D eigenvalue weighted by Crippen LogP contribution is 2.07. The summed E-state index contributed by atoms with van der Waals surface area (Å²) in [6, 6.07) is 1.89. The summed E-state index contributed by atoms with van der Waals surface area (Å²) < 4.78 is 29.9. The molecule has 1 heterocycles. The number of aromatic nitrogens is 2. The fourth-order valence-corrected chi connectivity index (χ4v) is 1.59. The van der Waals surface area contributed by atoms with Crippen LogP contribution in [0.2, 0.25) is 0 Å². The minimum Gasteiger partial charge on any atom is -0.393 e. The van der Waals surface area contributed by atoms with E-state index in [4.69, 9.17) is 4.74 Å². The van der Waals surface area contributed by atoms with Crippen molar-refractivity contribution in [2.24, 2.45) is 7.05 Å². The zero-order valence-corrected chi connectivity index (χ0v) is 10.1.